The largest absolute Gasteiger partial charge is 0.416 e. The van der Waals surface area contributed by atoms with Crippen molar-refractivity contribution in [3.8, 4) is 0 Å². The van der Waals surface area contributed by atoms with E-state index in [0.29, 0.717) is 0 Å². The standard InChI is InChI=1S/C10H12F3NO2S.ClH/c11-10(12,13)9-4-2-1-3-8(9)7-17(15,16)6-5-14;/h1-4H,5-7,14H2;1H. The molecular weight excluding hydrogens is 291 g/mol. The maximum Gasteiger partial charge on any atom is 0.416 e. The monoisotopic (exact) mass is 303 g/mol. The second kappa shape index (κ2) is 6.40. The second-order valence-corrected chi connectivity index (χ2v) is 5.72. The molecule has 1 aromatic carbocycles. The first-order valence-corrected chi connectivity index (χ1v) is 6.64. The van der Waals surface area contributed by atoms with Crippen LogP contribution in [0.25, 0.3) is 0 Å². The smallest absolute Gasteiger partial charge is 0.329 e. The lowest BCUT2D eigenvalue weighted by Gasteiger charge is -2.12. The predicted octanol–water partition coefficient (Wildman–Crippen LogP) is 2.00. The van der Waals surface area contributed by atoms with E-state index in [1.54, 1.807) is 0 Å². The van der Waals surface area contributed by atoms with Crippen molar-refractivity contribution in [2.75, 3.05) is 12.3 Å². The van der Waals surface area contributed by atoms with Gasteiger partial charge in [-0.1, -0.05) is 18.2 Å². The molecule has 0 aromatic heterocycles. The molecule has 0 saturated carbocycles. The Kier molecular flexibility index (Phi) is 6.12. The fraction of sp³-hybridized carbons (Fsp3) is 0.400. The van der Waals surface area contributed by atoms with Crippen molar-refractivity contribution in [2.24, 2.45) is 5.73 Å². The highest BCUT2D eigenvalue weighted by molar-refractivity contribution is 7.90. The maximum atomic E-state index is 12.6. The van der Waals surface area contributed by atoms with E-state index in [1.807, 2.05) is 0 Å². The molecule has 8 heteroatoms. The zero-order valence-electron chi connectivity index (χ0n) is 9.27. The molecule has 0 fully saturated rings. The lowest BCUT2D eigenvalue weighted by molar-refractivity contribution is -0.138. The summed E-state index contributed by atoms with van der Waals surface area (Å²) in [6.45, 7) is -0.101. The van der Waals surface area contributed by atoms with Gasteiger partial charge in [0, 0.05) is 6.54 Å². The van der Waals surface area contributed by atoms with Crippen molar-refractivity contribution in [3.05, 3.63) is 35.4 Å². The van der Waals surface area contributed by atoms with Crippen LogP contribution in [0.15, 0.2) is 24.3 Å². The van der Waals surface area contributed by atoms with Gasteiger partial charge in [-0.15, -0.1) is 12.4 Å². The predicted molar refractivity (Wildman–Crippen MR) is 65.2 cm³/mol. The quantitative estimate of drug-likeness (QED) is 0.925. The molecule has 104 valence electrons. The average molecular weight is 304 g/mol. The summed E-state index contributed by atoms with van der Waals surface area (Å²) < 4.78 is 60.6. The van der Waals surface area contributed by atoms with E-state index in [4.69, 9.17) is 5.73 Å². The highest BCUT2D eigenvalue weighted by Crippen LogP contribution is 2.32. The molecule has 0 saturated heterocycles. The molecule has 1 aromatic rings. The minimum Gasteiger partial charge on any atom is -0.329 e. The van der Waals surface area contributed by atoms with Crippen LogP contribution in [0.2, 0.25) is 0 Å². The summed E-state index contributed by atoms with van der Waals surface area (Å²) in [5, 5.41) is 0. The molecule has 18 heavy (non-hydrogen) atoms. The van der Waals surface area contributed by atoms with Gasteiger partial charge in [-0.2, -0.15) is 13.2 Å². The molecule has 0 aliphatic heterocycles. The van der Waals surface area contributed by atoms with E-state index < -0.39 is 27.3 Å². The molecule has 0 amide bonds. The van der Waals surface area contributed by atoms with Crippen LogP contribution in [0, 0.1) is 0 Å². The molecule has 0 spiro atoms. The van der Waals surface area contributed by atoms with E-state index in [0.717, 1.165) is 12.1 Å². The van der Waals surface area contributed by atoms with Gasteiger partial charge in [0.25, 0.3) is 0 Å². The van der Waals surface area contributed by atoms with Crippen molar-refractivity contribution < 1.29 is 21.6 Å². The highest BCUT2D eigenvalue weighted by atomic mass is 35.5. The van der Waals surface area contributed by atoms with Crippen LogP contribution in [-0.2, 0) is 21.8 Å². The Morgan fingerprint density at radius 3 is 2.22 bits per heavy atom. The van der Waals surface area contributed by atoms with Crippen LogP contribution in [0.5, 0.6) is 0 Å². The van der Waals surface area contributed by atoms with Gasteiger partial charge in [-0.3, -0.25) is 0 Å². The van der Waals surface area contributed by atoms with Gasteiger partial charge in [0.15, 0.2) is 9.84 Å². The van der Waals surface area contributed by atoms with Crippen molar-refractivity contribution in [3.63, 3.8) is 0 Å². The first-order valence-electron chi connectivity index (χ1n) is 4.82. The van der Waals surface area contributed by atoms with E-state index in [1.165, 1.54) is 12.1 Å². The molecule has 0 aliphatic rings. The zero-order chi connectivity index (χ0) is 13.1. The molecule has 0 unspecified atom stereocenters. The summed E-state index contributed by atoms with van der Waals surface area (Å²) in [5.74, 6) is -0.959. The molecule has 0 heterocycles. The van der Waals surface area contributed by atoms with Crippen LogP contribution < -0.4 is 5.73 Å². The van der Waals surface area contributed by atoms with Gasteiger partial charge in [0.05, 0.1) is 17.1 Å². The molecule has 0 radical (unpaired) electrons. The molecular formula is C10H13ClF3NO2S. The fourth-order valence-corrected chi connectivity index (χ4v) is 2.64. The van der Waals surface area contributed by atoms with E-state index >= 15 is 0 Å². The second-order valence-electron chi connectivity index (χ2n) is 3.54. The molecule has 1 rings (SSSR count). The SMILES string of the molecule is Cl.NCCS(=O)(=O)Cc1ccccc1C(F)(F)F. The van der Waals surface area contributed by atoms with Crippen LogP contribution in [-0.4, -0.2) is 20.7 Å². The van der Waals surface area contributed by atoms with Gasteiger partial charge < -0.3 is 5.73 Å². The molecule has 0 aliphatic carbocycles. The Bertz CT molecular complexity index is 488. The first-order chi connectivity index (χ1) is 7.76. The average Bonchev–Trinajstić information content (AvgIpc) is 2.15. The Hall–Kier alpha value is -0.790. The lowest BCUT2D eigenvalue weighted by Crippen LogP contribution is -2.19. The van der Waals surface area contributed by atoms with Gasteiger partial charge in [-0.05, 0) is 11.6 Å². The first kappa shape index (κ1) is 17.2. The number of nitrogens with two attached hydrogens (primary N) is 1. The third-order valence-corrected chi connectivity index (χ3v) is 3.74. The number of benzene rings is 1. The maximum absolute atomic E-state index is 12.6. The number of halogens is 4. The van der Waals surface area contributed by atoms with Crippen molar-refractivity contribution >= 4 is 22.2 Å². The summed E-state index contributed by atoms with van der Waals surface area (Å²) in [7, 11) is -3.59. The van der Waals surface area contributed by atoms with Crippen molar-refractivity contribution in [1.82, 2.24) is 0 Å². The number of alkyl halides is 3. The zero-order valence-corrected chi connectivity index (χ0v) is 10.9. The number of hydrogen-bond donors (Lipinski definition) is 1. The van der Waals surface area contributed by atoms with E-state index in [2.05, 4.69) is 0 Å². The third kappa shape index (κ3) is 4.83. The molecule has 0 atom stereocenters. The Morgan fingerprint density at radius 2 is 1.72 bits per heavy atom. The van der Waals surface area contributed by atoms with Gasteiger partial charge in [0.2, 0.25) is 0 Å². The topological polar surface area (TPSA) is 60.2 Å². The van der Waals surface area contributed by atoms with E-state index in [-0.39, 0.29) is 30.3 Å². The summed E-state index contributed by atoms with van der Waals surface area (Å²) >= 11 is 0. The van der Waals surface area contributed by atoms with E-state index in [9.17, 15) is 21.6 Å². The number of sulfone groups is 1. The third-order valence-electron chi connectivity index (χ3n) is 2.13. The summed E-state index contributed by atoms with van der Waals surface area (Å²) in [5.41, 5.74) is 3.93. The van der Waals surface area contributed by atoms with Crippen LogP contribution >= 0.6 is 12.4 Å². The van der Waals surface area contributed by atoms with Crippen LogP contribution in [0.3, 0.4) is 0 Å². The minimum absolute atomic E-state index is 0. The summed E-state index contributed by atoms with van der Waals surface area (Å²) in [6.07, 6.45) is -4.55. The van der Waals surface area contributed by atoms with Gasteiger partial charge >= 0.3 is 6.18 Å². The van der Waals surface area contributed by atoms with Crippen molar-refractivity contribution in [1.29, 1.82) is 0 Å². The molecule has 0 bridgehead atoms. The highest BCUT2D eigenvalue weighted by Gasteiger charge is 2.33. The van der Waals surface area contributed by atoms with Gasteiger partial charge in [0.1, 0.15) is 0 Å². The van der Waals surface area contributed by atoms with Crippen LogP contribution in [0.4, 0.5) is 13.2 Å². The summed E-state index contributed by atoms with van der Waals surface area (Å²) in [4.78, 5) is 0. The van der Waals surface area contributed by atoms with Crippen LogP contribution in [0.1, 0.15) is 11.1 Å². The fourth-order valence-electron chi connectivity index (χ4n) is 1.41. The van der Waals surface area contributed by atoms with Gasteiger partial charge in [-0.25, -0.2) is 8.42 Å². The minimum atomic E-state index is -4.55. The summed E-state index contributed by atoms with van der Waals surface area (Å²) in [6, 6.07) is 4.63. The lowest BCUT2D eigenvalue weighted by atomic mass is 10.1. The number of rotatable bonds is 4. The van der Waals surface area contributed by atoms with Crippen molar-refractivity contribution in [2.45, 2.75) is 11.9 Å². The Balaban J connectivity index is 0.00000289. The molecule has 2 N–H and O–H groups in total. The Morgan fingerprint density at radius 1 is 1.17 bits per heavy atom. The normalized spacial score (nSPS) is 12.0. The Labute approximate surface area is 110 Å². The number of hydrogen-bond acceptors (Lipinski definition) is 3. The molecule has 3 nitrogen and oxygen atoms in total.